The number of carbonyl (C=O) groups excluding carboxylic acids is 1. The van der Waals surface area contributed by atoms with Gasteiger partial charge in [-0.25, -0.2) is 17.2 Å². The fourth-order valence-electron chi connectivity index (χ4n) is 2.08. The molecule has 0 aliphatic carbocycles. The molecular weight excluding hydrogens is 276 g/mol. The van der Waals surface area contributed by atoms with Crippen molar-refractivity contribution in [2.45, 2.75) is 17.7 Å². The summed E-state index contributed by atoms with van der Waals surface area (Å²) in [5.41, 5.74) is 0. The first kappa shape index (κ1) is 14.1. The summed E-state index contributed by atoms with van der Waals surface area (Å²) in [6.07, 6.45) is 1.67. The summed E-state index contributed by atoms with van der Waals surface area (Å²) in [4.78, 5) is 10.2. The molecule has 0 amide bonds. The Morgan fingerprint density at radius 1 is 1.11 bits per heavy atom. The van der Waals surface area contributed by atoms with Gasteiger partial charge in [-0.15, -0.1) is 0 Å². The van der Waals surface area contributed by atoms with Crippen molar-refractivity contribution in [2.24, 2.45) is 5.92 Å². The van der Waals surface area contributed by atoms with Gasteiger partial charge in [0.05, 0.1) is 4.90 Å². The van der Waals surface area contributed by atoms with E-state index in [1.165, 1.54) is 0 Å². The Balaban J connectivity index is 2.25. The molecule has 1 saturated heterocycles. The summed E-state index contributed by atoms with van der Waals surface area (Å²) in [6, 6.07) is 2.21. The highest BCUT2D eigenvalue weighted by atomic mass is 32.2. The molecule has 1 heterocycles. The fraction of sp³-hybridized carbons (Fsp3) is 0.417. The monoisotopic (exact) mass is 289 g/mol. The predicted octanol–water partition coefficient (Wildman–Crippen LogP) is 1.56. The molecule has 4 nitrogen and oxygen atoms in total. The molecule has 0 atom stereocenters. The van der Waals surface area contributed by atoms with Gasteiger partial charge in [0.1, 0.15) is 17.9 Å². The first-order valence-corrected chi connectivity index (χ1v) is 7.29. The number of rotatable bonds is 3. The van der Waals surface area contributed by atoms with Gasteiger partial charge in [0.15, 0.2) is 0 Å². The highest BCUT2D eigenvalue weighted by molar-refractivity contribution is 7.89. The van der Waals surface area contributed by atoms with Crippen molar-refractivity contribution in [3.8, 4) is 0 Å². The molecule has 19 heavy (non-hydrogen) atoms. The lowest BCUT2D eigenvalue weighted by molar-refractivity contribution is -0.112. The maximum Gasteiger partial charge on any atom is 0.243 e. The third kappa shape index (κ3) is 2.98. The largest absolute Gasteiger partial charge is 0.303 e. The van der Waals surface area contributed by atoms with Crippen LogP contribution in [-0.2, 0) is 14.8 Å². The Bertz CT molecular complexity index is 560. The zero-order valence-corrected chi connectivity index (χ0v) is 10.9. The van der Waals surface area contributed by atoms with Crippen LogP contribution >= 0.6 is 0 Å². The molecule has 0 spiro atoms. The molecule has 1 aromatic rings. The van der Waals surface area contributed by atoms with E-state index in [0.717, 1.165) is 22.7 Å². The average Bonchev–Trinajstić information content (AvgIpc) is 2.37. The Labute approximate surface area is 110 Å². The first-order valence-electron chi connectivity index (χ1n) is 5.85. The number of aldehydes is 1. The smallest absolute Gasteiger partial charge is 0.243 e. The fourth-order valence-corrected chi connectivity index (χ4v) is 3.59. The zero-order valence-electron chi connectivity index (χ0n) is 10.1. The zero-order chi connectivity index (χ0) is 14.0. The van der Waals surface area contributed by atoms with Crippen LogP contribution in [0.5, 0.6) is 0 Å². The normalized spacial score (nSPS) is 18.4. The van der Waals surface area contributed by atoms with E-state index in [1.807, 2.05) is 0 Å². The highest BCUT2D eigenvalue weighted by Crippen LogP contribution is 2.23. The maximum absolute atomic E-state index is 13.1. The molecule has 1 aliphatic rings. The topological polar surface area (TPSA) is 54.5 Å². The van der Waals surface area contributed by atoms with E-state index < -0.39 is 26.6 Å². The van der Waals surface area contributed by atoms with E-state index in [9.17, 15) is 22.0 Å². The van der Waals surface area contributed by atoms with Gasteiger partial charge in [-0.05, 0) is 25.0 Å². The summed E-state index contributed by atoms with van der Waals surface area (Å²) in [6.45, 7) is 0.369. The van der Waals surface area contributed by atoms with Crippen molar-refractivity contribution in [1.29, 1.82) is 0 Å². The lowest BCUT2D eigenvalue weighted by Gasteiger charge is -2.28. The van der Waals surface area contributed by atoms with Crippen molar-refractivity contribution >= 4 is 16.3 Å². The van der Waals surface area contributed by atoms with Gasteiger partial charge in [0.2, 0.25) is 10.0 Å². The van der Waals surface area contributed by atoms with Crippen LogP contribution in [0.3, 0.4) is 0 Å². The number of piperidine rings is 1. The Hall–Kier alpha value is -1.34. The van der Waals surface area contributed by atoms with E-state index in [0.29, 0.717) is 18.9 Å². The van der Waals surface area contributed by atoms with E-state index in [-0.39, 0.29) is 19.0 Å². The van der Waals surface area contributed by atoms with Gasteiger partial charge in [-0.2, -0.15) is 4.31 Å². The summed E-state index contributed by atoms with van der Waals surface area (Å²) in [7, 11) is -3.90. The number of hydrogen-bond donors (Lipinski definition) is 0. The second kappa shape index (κ2) is 5.34. The quantitative estimate of drug-likeness (QED) is 0.794. The number of nitrogens with zero attached hydrogens (tertiary/aromatic N) is 1. The molecule has 0 unspecified atom stereocenters. The SMILES string of the molecule is O=CC1CCN(S(=O)(=O)c2cc(F)cc(F)c2)CC1. The van der Waals surface area contributed by atoms with Gasteiger partial charge in [-0.1, -0.05) is 0 Å². The molecule has 1 fully saturated rings. The van der Waals surface area contributed by atoms with Gasteiger partial charge in [0.25, 0.3) is 0 Å². The predicted molar refractivity (Wildman–Crippen MR) is 63.9 cm³/mol. The van der Waals surface area contributed by atoms with Crippen molar-refractivity contribution in [3.63, 3.8) is 0 Å². The van der Waals surface area contributed by atoms with Crippen molar-refractivity contribution in [1.82, 2.24) is 4.31 Å². The third-order valence-electron chi connectivity index (χ3n) is 3.16. The minimum atomic E-state index is -3.90. The molecule has 0 aromatic heterocycles. The van der Waals surface area contributed by atoms with Crippen LogP contribution in [0.15, 0.2) is 23.1 Å². The number of carbonyl (C=O) groups is 1. The molecule has 1 aromatic carbocycles. The molecule has 0 bridgehead atoms. The van der Waals surface area contributed by atoms with E-state index in [2.05, 4.69) is 0 Å². The Morgan fingerprint density at radius 3 is 2.11 bits per heavy atom. The van der Waals surface area contributed by atoms with Crippen LogP contribution in [0.4, 0.5) is 8.78 Å². The van der Waals surface area contributed by atoms with Gasteiger partial charge < -0.3 is 4.79 Å². The van der Waals surface area contributed by atoms with Crippen LogP contribution < -0.4 is 0 Å². The molecule has 104 valence electrons. The summed E-state index contributed by atoms with van der Waals surface area (Å²) in [5.74, 6) is -2.00. The number of hydrogen-bond acceptors (Lipinski definition) is 3. The molecule has 2 rings (SSSR count). The summed E-state index contributed by atoms with van der Waals surface area (Å²) in [5, 5.41) is 0. The molecular formula is C12H13F2NO3S. The summed E-state index contributed by atoms with van der Waals surface area (Å²) < 4.78 is 51.7. The average molecular weight is 289 g/mol. The lowest BCUT2D eigenvalue weighted by atomic mass is 10.0. The number of benzene rings is 1. The molecule has 7 heteroatoms. The maximum atomic E-state index is 13.1. The van der Waals surface area contributed by atoms with Crippen molar-refractivity contribution < 1.29 is 22.0 Å². The Kier molecular flexibility index (Phi) is 3.96. The Morgan fingerprint density at radius 2 is 1.63 bits per heavy atom. The van der Waals surface area contributed by atoms with E-state index in [4.69, 9.17) is 0 Å². The third-order valence-corrected chi connectivity index (χ3v) is 5.04. The number of sulfonamides is 1. The molecule has 1 aliphatic heterocycles. The first-order chi connectivity index (χ1) is 8.93. The molecule has 0 saturated carbocycles. The van der Waals surface area contributed by atoms with E-state index in [1.54, 1.807) is 0 Å². The number of halogens is 2. The van der Waals surface area contributed by atoms with Crippen molar-refractivity contribution in [3.05, 3.63) is 29.8 Å². The summed E-state index contributed by atoms with van der Waals surface area (Å²) >= 11 is 0. The molecule has 0 N–H and O–H groups in total. The van der Waals surface area contributed by atoms with Gasteiger partial charge in [-0.3, -0.25) is 0 Å². The van der Waals surface area contributed by atoms with Gasteiger partial charge in [0, 0.05) is 25.1 Å². The second-order valence-electron chi connectivity index (χ2n) is 4.48. The van der Waals surface area contributed by atoms with Crippen LogP contribution in [0.25, 0.3) is 0 Å². The minimum absolute atomic E-state index is 0.143. The van der Waals surface area contributed by atoms with Crippen LogP contribution in [0.1, 0.15) is 12.8 Å². The molecule has 0 radical (unpaired) electrons. The van der Waals surface area contributed by atoms with Crippen molar-refractivity contribution in [2.75, 3.05) is 13.1 Å². The standard InChI is InChI=1S/C12H13F2NO3S/c13-10-5-11(14)7-12(6-10)19(17,18)15-3-1-9(8-16)2-4-15/h5-9H,1-4H2. The van der Waals surface area contributed by atoms with E-state index >= 15 is 0 Å². The van der Waals surface area contributed by atoms with Crippen LogP contribution in [-0.4, -0.2) is 32.1 Å². The second-order valence-corrected chi connectivity index (χ2v) is 6.42. The van der Waals surface area contributed by atoms with Gasteiger partial charge >= 0.3 is 0 Å². The lowest BCUT2D eigenvalue weighted by Crippen LogP contribution is -2.38. The highest BCUT2D eigenvalue weighted by Gasteiger charge is 2.29. The van der Waals surface area contributed by atoms with Crippen LogP contribution in [0.2, 0.25) is 0 Å². The minimum Gasteiger partial charge on any atom is -0.303 e. The van der Waals surface area contributed by atoms with Crippen LogP contribution in [0, 0.1) is 17.6 Å².